The molecule has 136 valence electrons. The summed E-state index contributed by atoms with van der Waals surface area (Å²) in [5.74, 6) is -2.21. The maximum absolute atomic E-state index is 11.9. The maximum atomic E-state index is 11.9. The molecule has 0 aliphatic carbocycles. The first-order valence-electron chi connectivity index (χ1n) is 7.65. The smallest absolute Gasteiger partial charge is 0.534 e. The summed E-state index contributed by atoms with van der Waals surface area (Å²) in [6.07, 6.45) is -0.108. The first-order chi connectivity index (χ1) is 11.7. The van der Waals surface area contributed by atoms with Gasteiger partial charge in [0.2, 0.25) is 15.9 Å². The van der Waals surface area contributed by atoms with Gasteiger partial charge in [0.1, 0.15) is 11.3 Å². The van der Waals surface area contributed by atoms with Crippen molar-refractivity contribution >= 4 is 29.0 Å². The van der Waals surface area contributed by atoms with E-state index in [1.54, 1.807) is 19.1 Å². The number of rotatable bonds is 6. The Morgan fingerprint density at radius 3 is 2.84 bits per heavy atom. The summed E-state index contributed by atoms with van der Waals surface area (Å²) in [4.78, 5) is 23.7. The van der Waals surface area contributed by atoms with Gasteiger partial charge in [-0.05, 0) is 25.0 Å². The molecule has 1 amide bonds. The van der Waals surface area contributed by atoms with Crippen LogP contribution in [0.5, 0.6) is 5.75 Å². The molecule has 11 heteroatoms. The Hall–Kier alpha value is -2.11. The molecule has 0 aromatic heterocycles. The third-order valence-corrected chi connectivity index (χ3v) is 4.35. The number of amides is 1. The van der Waals surface area contributed by atoms with Crippen LogP contribution in [-0.2, 0) is 26.0 Å². The molecule has 1 aromatic carbocycles. The van der Waals surface area contributed by atoms with Crippen LogP contribution in [0, 0.1) is 0 Å². The monoisotopic (exact) mass is 370 g/mol. The van der Waals surface area contributed by atoms with E-state index in [-0.39, 0.29) is 30.8 Å². The fourth-order valence-corrected chi connectivity index (χ4v) is 2.90. The van der Waals surface area contributed by atoms with Crippen molar-refractivity contribution in [3.63, 3.8) is 0 Å². The van der Waals surface area contributed by atoms with Gasteiger partial charge in [-0.3, -0.25) is 4.79 Å². The average Bonchev–Trinajstić information content (AvgIpc) is 2.53. The number of fused-ring (bicyclic) bond motifs is 1. The van der Waals surface area contributed by atoms with Crippen molar-refractivity contribution < 1.29 is 32.4 Å². The second-order valence-corrected chi connectivity index (χ2v) is 7.25. The van der Waals surface area contributed by atoms with Crippen LogP contribution in [0.4, 0.5) is 0 Å². The zero-order chi connectivity index (χ0) is 18.6. The first-order valence-corrected chi connectivity index (χ1v) is 9.36. The standard InChI is InChI=1S/C14H19BN2O7S/c1-2-23-14(19)10-5-3-4-9-8-11(15(20)24-13(9)10)17-12(18)6-7-25(16,21)22/h3-5,11,20H,2,6-8H2,1H3,(H,17,18)(H2,16,21,22)/t11-/m0/s1. The Kier molecular flexibility index (Phi) is 6.04. The SMILES string of the molecule is CCOC(=O)c1cccc2c1OB(O)[C@@H](NC(=O)CCS(N)(=O)=O)C2. The molecule has 1 aromatic rings. The number of nitrogens with one attached hydrogen (secondary N) is 1. The molecular formula is C14H19BN2O7S. The predicted molar refractivity (Wildman–Crippen MR) is 89.2 cm³/mol. The number of primary sulfonamides is 1. The molecule has 1 heterocycles. The van der Waals surface area contributed by atoms with Gasteiger partial charge in [0.05, 0.1) is 18.3 Å². The van der Waals surface area contributed by atoms with E-state index in [1.807, 2.05) is 0 Å². The lowest BCUT2D eigenvalue weighted by atomic mass is 9.72. The van der Waals surface area contributed by atoms with Crippen LogP contribution in [0.3, 0.4) is 0 Å². The highest BCUT2D eigenvalue weighted by Crippen LogP contribution is 2.30. The molecule has 0 radical (unpaired) electrons. The highest BCUT2D eigenvalue weighted by atomic mass is 32.2. The highest BCUT2D eigenvalue weighted by molar-refractivity contribution is 7.89. The van der Waals surface area contributed by atoms with Crippen LogP contribution >= 0.6 is 0 Å². The minimum Gasteiger partial charge on any atom is -0.534 e. The number of ether oxygens (including phenoxy) is 1. The summed E-state index contributed by atoms with van der Waals surface area (Å²) in [5, 5.41) is 17.5. The maximum Gasteiger partial charge on any atom is 0.547 e. The van der Waals surface area contributed by atoms with Gasteiger partial charge in [-0.25, -0.2) is 18.4 Å². The van der Waals surface area contributed by atoms with Crippen LogP contribution in [0.2, 0.25) is 0 Å². The molecule has 2 rings (SSSR count). The summed E-state index contributed by atoms with van der Waals surface area (Å²) >= 11 is 0. The van der Waals surface area contributed by atoms with E-state index in [0.29, 0.717) is 5.56 Å². The quantitative estimate of drug-likeness (QED) is 0.429. The van der Waals surface area contributed by atoms with Crippen molar-refractivity contribution in [2.24, 2.45) is 5.14 Å². The number of hydrogen-bond donors (Lipinski definition) is 3. The number of esters is 1. The van der Waals surface area contributed by atoms with Gasteiger partial charge in [0.15, 0.2) is 0 Å². The lowest BCUT2D eigenvalue weighted by Gasteiger charge is -2.29. The van der Waals surface area contributed by atoms with Gasteiger partial charge in [0, 0.05) is 6.42 Å². The van der Waals surface area contributed by atoms with E-state index >= 15 is 0 Å². The topological polar surface area (TPSA) is 145 Å². The Balaban J connectivity index is 2.10. The van der Waals surface area contributed by atoms with Gasteiger partial charge in [-0.15, -0.1) is 0 Å². The minimum atomic E-state index is -3.75. The van der Waals surface area contributed by atoms with E-state index in [4.69, 9.17) is 14.5 Å². The fourth-order valence-electron chi connectivity index (χ4n) is 2.43. The second-order valence-electron chi connectivity index (χ2n) is 5.52. The van der Waals surface area contributed by atoms with Gasteiger partial charge in [0.25, 0.3) is 0 Å². The zero-order valence-corrected chi connectivity index (χ0v) is 14.4. The lowest BCUT2D eigenvalue weighted by molar-refractivity contribution is -0.121. The van der Waals surface area contributed by atoms with Crippen LogP contribution in [0.1, 0.15) is 29.3 Å². The van der Waals surface area contributed by atoms with Crippen molar-refractivity contribution in [2.45, 2.75) is 25.7 Å². The van der Waals surface area contributed by atoms with E-state index < -0.39 is 40.7 Å². The predicted octanol–water partition coefficient (Wildman–Crippen LogP) is -1.02. The molecule has 1 aliphatic rings. The Labute approximate surface area is 145 Å². The molecular weight excluding hydrogens is 351 g/mol. The van der Waals surface area contributed by atoms with Crippen molar-refractivity contribution in [1.29, 1.82) is 0 Å². The Morgan fingerprint density at radius 2 is 2.20 bits per heavy atom. The summed E-state index contributed by atoms with van der Waals surface area (Å²) in [7, 11) is -5.14. The number of hydrogen-bond acceptors (Lipinski definition) is 7. The van der Waals surface area contributed by atoms with Crippen molar-refractivity contribution in [2.75, 3.05) is 12.4 Å². The number of carbonyl (C=O) groups excluding carboxylic acids is 2. The number of benzene rings is 1. The minimum absolute atomic E-state index is 0.192. The fraction of sp³-hybridized carbons (Fsp3) is 0.429. The molecule has 4 N–H and O–H groups in total. The third-order valence-electron chi connectivity index (χ3n) is 3.57. The summed E-state index contributed by atoms with van der Waals surface area (Å²) in [6.45, 7) is 1.88. The summed E-state index contributed by atoms with van der Waals surface area (Å²) < 4.78 is 32.1. The summed E-state index contributed by atoms with van der Waals surface area (Å²) in [5.41, 5.74) is 0.810. The molecule has 1 atom stereocenters. The highest BCUT2D eigenvalue weighted by Gasteiger charge is 2.37. The molecule has 0 unspecified atom stereocenters. The van der Waals surface area contributed by atoms with E-state index in [0.717, 1.165) is 0 Å². The van der Waals surface area contributed by atoms with E-state index in [1.165, 1.54) is 6.07 Å². The van der Waals surface area contributed by atoms with Crippen LogP contribution in [-0.4, -0.2) is 50.7 Å². The average molecular weight is 370 g/mol. The molecule has 0 spiro atoms. The number of para-hydroxylation sites is 1. The molecule has 0 saturated heterocycles. The van der Waals surface area contributed by atoms with Crippen LogP contribution in [0.25, 0.3) is 0 Å². The first kappa shape index (κ1) is 19.2. The summed E-state index contributed by atoms with van der Waals surface area (Å²) in [6, 6.07) is 4.87. The molecule has 1 aliphatic heterocycles. The third kappa shape index (κ3) is 5.18. The Bertz CT molecular complexity index is 768. The molecule has 0 bridgehead atoms. The van der Waals surface area contributed by atoms with Crippen molar-refractivity contribution in [1.82, 2.24) is 5.32 Å². The number of carbonyl (C=O) groups is 2. The van der Waals surface area contributed by atoms with Gasteiger partial charge < -0.3 is 19.7 Å². The van der Waals surface area contributed by atoms with Gasteiger partial charge >= 0.3 is 13.1 Å². The van der Waals surface area contributed by atoms with Crippen LogP contribution < -0.4 is 15.1 Å². The molecule has 0 fully saturated rings. The van der Waals surface area contributed by atoms with Gasteiger partial charge in [-0.2, -0.15) is 0 Å². The van der Waals surface area contributed by atoms with Gasteiger partial charge in [-0.1, -0.05) is 12.1 Å². The Morgan fingerprint density at radius 1 is 1.48 bits per heavy atom. The van der Waals surface area contributed by atoms with Crippen molar-refractivity contribution in [3.8, 4) is 5.75 Å². The van der Waals surface area contributed by atoms with Crippen molar-refractivity contribution in [3.05, 3.63) is 29.3 Å². The molecule has 25 heavy (non-hydrogen) atoms. The molecule has 0 saturated carbocycles. The van der Waals surface area contributed by atoms with Crippen LogP contribution in [0.15, 0.2) is 18.2 Å². The molecule has 9 nitrogen and oxygen atoms in total. The zero-order valence-electron chi connectivity index (χ0n) is 13.6. The number of sulfonamides is 1. The number of nitrogens with two attached hydrogens (primary N) is 1. The lowest BCUT2D eigenvalue weighted by Crippen LogP contribution is -2.53. The second kappa shape index (κ2) is 7.85. The largest absolute Gasteiger partial charge is 0.547 e. The normalized spacial score (nSPS) is 16.6. The van der Waals surface area contributed by atoms with E-state index in [9.17, 15) is 23.0 Å². The van der Waals surface area contributed by atoms with E-state index in [2.05, 4.69) is 5.32 Å².